The summed E-state index contributed by atoms with van der Waals surface area (Å²) in [6.07, 6.45) is 0.871. The smallest absolute Gasteiger partial charge is 0.343 e. The van der Waals surface area contributed by atoms with Crippen LogP contribution in [0.5, 0.6) is 5.75 Å². The zero-order chi connectivity index (χ0) is 19.8. The Morgan fingerprint density at radius 1 is 0.724 bits per heavy atom. The number of rotatable bonds is 3. The average Bonchev–Trinajstić information content (AvgIpc) is 2.78. The summed E-state index contributed by atoms with van der Waals surface area (Å²) >= 11 is 0. The number of aryl methyl sites for hydroxylation is 1. The maximum Gasteiger partial charge on any atom is 0.343 e. The standard InChI is InChI=1S/C27H20O2/c1-2-18-11-7-12-22-17-21-10-5-6-13-24(21)26(25(18)22)29-27(28)23-15-14-19-8-3-4-9-20(19)16-23/h3-17H,2H2,1H3. The van der Waals surface area contributed by atoms with Crippen LogP contribution in [0, 0.1) is 0 Å². The van der Waals surface area contributed by atoms with Crippen LogP contribution in [0.15, 0.2) is 91.0 Å². The highest BCUT2D eigenvalue weighted by Crippen LogP contribution is 2.37. The molecule has 5 aromatic carbocycles. The van der Waals surface area contributed by atoms with E-state index in [9.17, 15) is 4.79 Å². The molecule has 0 amide bonds. The highest BCUT2D eigenvalue weighted by atomic mass is 16.5. The minimum Gasteiger partial charge on any atom is -0.422 e. The maximum atomic E-state index is 13.1. The lowest BCUT2D eigenvalue weighted by Crippen LogP contribution is -2.09. The van der Waals surface area contributed by atoms with Crippen molar-refractivity contribution in [1.29, 1.82) is 0 Å². The molecule has 0 fully saturated rings. The van der Waals surface area contributed by atoms with E-state index in [1.165, 1.54) is 5.56 Å². The molecule has 0 atom stereocenters. The zero-order valence-corrected chi connectivity index (χ0v) is 16.2. The summed E-state index contributed by atoms with van der Waals surface area (Å²) in [5.74, 6) is 0.313. The lowest BCUT2D eigenvalue weighted by molar-refractivity contribution is 0.0739. The lowest BCUT2D eigenvalue weighted by atomic mass is 9.97. The molecule has 5 aromatic rings. The van der Waals surface area contributed by atoms with Crippen LogP contribution in [0.1, 0.15) is 22.8 Å². The van der Waals surface area contributed by atoms with Gasteiger partial charge in [0.2, 0.25) is 0 Å². The van der Waals surface area contributed by atoms with E-state index in [1.54, 1.807) is 0 Å². The number of hydrogen-bond acceptors (Lipinski definition) is 2. The van der Waals surface area contributed by atoms with Crippen LogP contribution in [0.4, 0.5) is 0 Å². The molecule has 140 valence electrons. The Kier molecular flexibility index (Phi) is 4.25. The minimum atomic E-state index is -0.334. The van der Waals surface area contributed by atoms with Gasteiger partial charge in [-0.3, -0.25) is 0 Å². The van der Waals surface area contributed by atoms with Gasteiger partial charge in [-0.2, -0.15) is 0 Å². The monoisotopic (exact) mass is 376 g/mol. The molecule has 0 saturated carbocycles. The van der Waals surface area contributed by atoms with Crippen molar-refractivity contribution in [3.05, 3.63) is 102 Å². The number of esters is 1. The molecule has 0 aromatic heterocycles. The molecule has 29 heavy (non-hydrogen) atoms. The molecule has 5 rings (SSSR count). The van der Waals surface area contributed by atoms with E-state index in [1.807, 2.05) is 60.7 Å². The molecular weight excluding hydrogens is 356 g/mol. The highest BCUT2D eigenvalue weighted by Gasteiger charge is 2.17. The summed E-state index contributed by atoms with van der Waals surface area (Å²) in [6, 6.07) is 30.2. The van der Waals surface area contributed by atoms with E-state index < -0.39 is 0 Å². The quantitative estimate of drug-likeness (QED) is 0.194. The van der Waals surface area contributed by atoms with Crippen molar-refractivity contribution in [2.45, 2.75) is 13.3 Å². The van der Waals surface area contributed by atoms with E-state index in [0.717, 1.165) is 38.7 Å². The van der Waals surface area contributed by atoms with Crippen molar-refractivity contribution in [1.82, 2.24) is 0 Å². The summed E-state index contributed by atoms with van der Waals surface area (Å²) in [5.41, 5.74) is 1.73. The van der Waals surface area contributed by atoms with Gasteiger partial charge in [-0.25, -0.2) is 4.79 Å². The Labute approximate surface area is 169 Å². The van der Waals surface area contributed by atoms with Crippen LogP contribution in [0.2, 0.25) is 0 Å². The predicted molar refractivity (Wildman–Crippen MR) is 120 cm³/mol. The van der Waals surface area contributed by atoms with Gasteiger partial charge in [0.1, 0.15) is 5.75 Å². The molecule has 0 radical (unpaired) electrons. The van der Waals surface area contributed by atoms with E-state index in [2.05, 4.69) is 37.3 Å². The van der Waals surface area contributed by atoms with Gasteiger partial charge < -0.3 is 4.74 Å². The Morgan fingerprint density at radius 2 is 1.45 bits per heavy atom. The van der Waals surface area contributed by atoms with E-state index in [0.29, 0.717) is 11.3 Å². The molecule has 2 nitrogen and oxygen atoms in total. The van der Waals surface area contributed by atoms with Crippen LogP contribution in [-0.2, 0) is 6.42 Å². The molecule has 0 N–H and O–H groups in total. The number of fused-ring (bicyclic) bond motifs is 3. The maximum absolute atomic E-state index is 13.1. The van der Waals surface area contributed by atoms with Crippen molar-refractivity contribution < 1.29 is 9.53 Å². The van der Waals surface area contributed by atoms with Crippen molar-refractivity contribution >= 4 is 38.3 Å². The SMILES string of the molecule is CCc1cccc2cc3ccccc3c(OC(=O)c3ccc4ccccc4c3)c12. The fourth-order valence-corrected chi connectivity index (χ4v) is 4.02. The average molecular weight is 376 g/mol. The third-order valence-electron chi connectivity index (χ3n) is 5.49. The minimum absolute atomic E-state index is 0.334. The molecule has 0 saturated heterocycles. The fraction of sp³-hybridized carbons (Fsp3) is 0.0741. The van der Waals surface area contributed by atoms with Crippen molar-refractivity contribution in [3.63, 3.8) is 0 Å². The van der Waals surface area contributed by atoms with Crippen molar-refractivity contribution in [3.8, 4) is 5.75 Å². The van der Waals surface area contributed by atoms with Gasteiger partial charge in [-0.1, -0.05) is 79.7 Å². The fourth-order valence-electron chi connectivity index (χ4n) is 4.02. The molecule has 0 aliphatic rings. The van der Waals surface area contributed by atoms with Crippen LogP contribution in [-0.4, -0.2) is 5.97 Å². The molecule has 0 bridgehead atoms. The van der Waals surface area contributed by atoms with Crippen molar-refractivity contribution in [2.24, 2.45) is 0 Å². The van der Waals surface area contributed by atoms with Crippen LogP contribution in [0.25, 0.3) is 32.3 Å². The number of carbonyl (C=O) groups excluding carboxylic acids is 1. The summed E-state index contributed by atoms with van der Waals surface area (Å²) in [6.45, 7) is 2.12. The van der Waals surface area contributed by atoms with Gasteiger partial charge in [0, 0.05) is 10.8 Å². The van der Waals surface area contributed by atoms with Crippen LogP contribution >= 0.6 is 0 Å². The number of carbonyl (C=O) groups is 1. The third-order valence-corrected chi connectivity index (χ3v) is 5.49. The van der Waals surface area contributed by atoms with Gasteiger partial charge in [0.05, 0.1) is 5.56 Å². The first-order valence-electron chi connectivity index (χ1n) is 9.89. The van der Waals surface area contributed by atoms with Gasteiger partial charge >= 0.3 is 5.97 Å². The van der Waals surface area contributed by atoms with Crippen LogP contribution < -0.4 is 4.74 Å². The number of benzene rings is 5. The first-order chi connectivity index (χ1) is 14.2. The first-order valence-corrected chi connectivity index (χ1v) is 9.89. The summed E-state index contributed by atoms with van der Waals surface area (Å²) < 4.78 is 6.08. The van der Waals surface area contributed by atoms with E-state index in [4.69, 9.17) is 4.74 Å². The molecule has 2 heteroatoms. The second-order valence-corrected chi connectivity index (χ2v) is 7.25. The van der Waals surface area contributed by atoms with Crippen molar-refractivity contribution in [2.75, 3.05) is 0 Å². The molecule has 0 spiro atoms. The Bertz CT molecular complexity index is 1380. The molecule has 0 heterocycles. The summed E-state index contributed by atoms with van der Waals surface area (Å²) in [7, 11) is 0. The highest BCUT2D eigenvalue weighted by molar-refractivity contribution is 6.09. The van der Waals surface area contributed by atoms with E-state index in [-0.39, 0.29) is 5.97 Å². The lowest BCUT2D eigenvalue weighted by Gasteiger charge is -2.15. The Hall–Kier alpha value is -3.65. The second-order valence-electron chi connectivity index (χ2n) is 7.25. The van der Waals surface area contributed by atoms with E-state index >= 15 is 0 Å². The van der Waals surface area contributed by atoms with Gasteiger partial charge in [-0.15, -0.1) is 0 Å². The normalized spacial score (nSPS) is 11.2. The van der Waals surface area contributed by atoms with Gasteiger partial charge in [0.15, 0.2) is 0 Å². The van der Waals surface area contributed by atoms with Gasteiger partial charge in [-0.05, 0) is 51.7 Å². The third kappa shape index (κ3) is 3.03. The summed E-state index contributed by atoms with van der Waals surface area (Å²) in [5, 5.41) is 6.25. The molecule has 0 aliphatic carbocycles. The van der Waals surface area contributed by atoms with Crippen LogP contribution in [0.3, 0.4) is 0 Å². The number of hydrogen-bond donors (Lipinski definition) is 0. The first kappa shape index (κ1) is 17.4. The molecular formula is C27H20O2. The largest absolute Gasteiger partial charge is 0.422 e. The second kappa shape index (κ2) is 7.06. The zero-order valence-electron chi connectivity index (χ0n) is 16.2. The molecule has 0 unspecified atom stereocenters. The topological polar surface area (TPSA) is 26.3 Å². The number of ether oxygens (including phenoxy) is 1. The summed E-state index contributed by atoms with van der Waals surface area (Å²) in [4.78, 5) is 13.1. The Balaban J connectivity index is 1.68. The molecule has 0 aliphatic heterocycles. The Morgan fingerprint density at radius 3 is 2.28 bits per heavy atom. The predicted octanol–water partition coefficient (Wildman–Crippen LogP) is 6.93. The van der Waals surface area contributed by atoms with Gasteiger partial charge in [0.25, 0.3) is 0 Å².